The molecule has 0 saturated heterocycles. The van der Waals surface area contributed by atoms with Crippen molar-refractivity contribution in [1.29, 1.82) is 0 Å². The number of nitro benzene ring substituents is 1. The van der Waals surface area contributed by atoms with Crippen molar-refractivity contribution in [2.45, 2.75) is 38.6 Å². The lowest BCUT2D eigenvalue weighted by atomic mass is 10.0. The summed E-state index contributed by atoms with van der Waals surface area (Å²) in [4.78, 5) is 9.93. The Morgan fingerprint density at radius 2 is 1.76 bits per heavy atom. The highest BCUT2D eigenvalue weighted by atomic mass is 32.2. The van der Waals surface area contributed by atoms with Crippen LogP contribution in [-0.4, -0.2) is 19.4 Å². The molecule has 1 aliphatic rings. The molecular weight excluding hydrogens is 294 g/mol. The third-order valence-electron chi connectivity index (χ3n) is 4.76. The molecule has 0 radical (unpaired) electrons. The van der Waals surface area contributed by atoms with Crippen LogP contribution in [0.1, 0.15) is 27.7 Å². The predicted octanol–water partition coefficient (Wildman–Crippen LogP) is 1.89. The zero-order chi connectivity index (χ0) is 16.2. The number of rotatable bonds is 4. The summed E-state index contributed by atoms with van der Waals surface area (Å²) < 4.78 is 27.4. The van der Waals surface area contributed by atoms with Crippen LogP contribution in [-0.2, 0) is 10.0 Å². The molecule has 2 rings (SSSR count). The van der Waals surface area contributed by atoms with Crippen LogP contribution in [0.2, 0.25) is 0 Å². The highest BCUT2D eigenvalue weighted by molar-refractivity contribution is 7.89. The first-order chi connectivity index (χ1) is 9.41. The van der Waals surface area contributed by atoms with Gasteiger partial charge in [-0.15, -0.1) is 0 Å². The van der Waals surface area contributed by atoms with Gasteiger partial charge in [0.2, 0.25) is 10.0 Å². The van der Waals surface area contributed by atoms with Gasteiger partial charge in [-0.05, 0) is 23.0 Å². The average molecular weight is 313 g/mol. The van der Waals surface area contributed by atoms with Crippen molar-refractivity contribution in [3.8, 4) is 0 Å². The van der Waals surface area contributed by atoms with E-state index in [0.717, 1.165) is 12.1 Å². The zero-order valence-corrected chi connectivity index (χ0v) is 13.2. The number of nitrogens with two attached hydrogens (primary N) is 1. The monoisotopic (exact) mass is 313 g/mol. The van der Waals surface area contributed by atoms with Crippen LogP contribution in [0.15, 0.2) is 23.1 Å². The maximum Gasteiger partial charge on any atom is 0.291 e. The van der Waals surface area contributed by atoms with Gasteiger partial charge in [-0.25, -0.2) is 13.1 Å². The van der Waals surface area contributed by atoms with Crippen LogP contribution >= 0.6 is 0 Å². The molecule has 0 unspecified atom stereocenters. The summed E-state index contributed by atoms with van der Waals surface area (Å²) in [7, 11) is -3.98. The minimum Gasteiger partial charge on any atom is -0.399 e. The first-order valence-corrected chi connectivity index (χ1v) is 7.96. The fraction of sp³-hybridized carbons (Fsp3) is 0.538. The third-order valence-corrected chi connectivity index (χ3v) is 6.23. The van der Waals surface area contributed by atoms with Gasteiger partial charge in [0.1, 0.15) is 0 Å². The molecule has 1 saturated carbocycles. The van der Waals surface area contributed by atoms with Crippen LogP contribution in [0, 0.1) is 20.9 Å². The summed E-state index contributed by atoms with van der Waals surface area (Å²) in [6.45, 7) is 7.82. The molecular formula is C13H19N3O4S. The zero-order valence-electron chi connectivity index (χ0n) is 12.4. The number of hydrogen-bond acceptors (Lipinski definition) is 5. The summed E-state index contributed by atoms with van der Waals surface area (Å²) in [5, 5.41) is 11.0. The quantitative estimate of drug-likeness (QED) is 0.500. The third kappa shape index (κ3) is 2.38. The van der Waals surface area contributed by atoms with Crippen molar-refractivity contribution in [3.05, 3.63) is 28.3 Å². The predicted molar refractivity (Wildman–Crippen MR) is 79.2 cm³/mol. The minimum atomic E-state index is -3.98. The second kappa shape index (κ2) is 4.41. The van der Waals surface area contributed by atoms with E-state index in [1.165, 1.54) is 6.07 Å². The van der Waals surface area contributed by atoms with Gasteiger partial charge >= 0.3 is 0 Å². The standard InChI is InChI=1S/C13H19N3O4S/c1-12(2)11(13(12,3)4)15-21(19,20)10-6-5-8(14)7-9(10)16(17)18/h5-7,11,15H,14H2,1-4H3. The van der Waals surface area contributed by atoms with Crippen molar-refractivity contribution < 1.29 is 13.3 Å². The molecule has 1 aromatic carbocycles. The molecule has 21 heavy (non-hydrogen) atoms. The van der Waals surface area contributed by atoms with E-state index in [2.05, 4.69) is 4.72 Å². The number of nitrogens with one attached hydrogen (secondary N) is 1. The van der Waals surface area contributed by atoms with Gasteiger partial charge in [0.05, 0.1) is 4.92 Å². The number of benzene rings is 1. The van der Waals surface area contributed by atoms with Crippen molar-refractivity contribution in [2.24, 2.45) is 10.8 Å². The SMILES string of the molecule is CC1(C)C(NS(=O)(=O)c2ccc(N)cc2[N+](=O)[O-])C1(C)C. The van der Waals surface area contributed by atoms with E-state index in [9.17, 15) is 18.5 Å². The number of anilines is 1. The van der Waals surface area contributed by atoms with Gasteiger partial charge in [0.25, 0.3) is 5.69 Å². The van der Waals surface area contributed by atoms with E-state index in [0.29, 0.717) is 0 Å². The first-order valence-electron chi connectivity index (χ1n) is 6.47. The molecule has 0 aliphatic heterocycles. The van der Waals surface area contributed by atoms with Crippen LogP contribution in [0.3, 0.4) is 0 Å². The molecule has 1 aromatic rings. The average Bonchev–Trinajstić information content (AvgIpc) is 2.70. The van der Waals surface area contributed by atoms with Crippen LogP contribution in [0.5, 0.6) is 0 Å². The summed E-state index contributed by atoms with van der Waals surface area (Å²) in [5.41, 5.74) is 4.71. The first kappa shape index (κ1) is 15.7. The normalized spacial score (nSPS) is 20.2. The van der Waals surface area contributed by atoms with Crippen molar-refractivity contribution >= 4 is 21.4 Å². The van der Waals surface area contributed by atoms with Crippen LogP contribution < -0.4 is 10.5 Å². The van der Waals surface area contributed by atoms with E-state index < -0.39 is 20.6 Å². The Morgan fingerprint density at radius 3 is 2.19 bits per heavy atom. The molecule has 7 nitrogen and oxygen atoms in total. The van der Waals surface area contributed by atoms with E-state index in [1.807, 2.05) is 27.7 Å². The summed E-state index contributed by atoms with van der Waals surface area (Å²) >= 11 is 0. The molecule has 0 atom stereocenters. The molecule has 0 amide bonds. The number of nitrogen functional groups attached to an aromatic ring is 1. The van der Waals surface area contributed by atoms with Gasteiger partial charge in [0.15, 0.2) is 4.90 Å². The molecule has 1 fully saturated rings. The second-order valence-corrected chi connectivity index (χ2v) is 8.16. The molecule has 8 heteroatoms. The summed E-state index contributed by atoms with van der Waals surface area (Å²) in [6.07, 6.45) is 0. The van der Waals surface area contributed by atoms with Crippen molar-refractivity contribution in [3.63, 3.8) is 0 Å². The Hall–Kier alpha value is -1.67. The Labute approximate surface area is 123 Å². The molecule has 0 bridgehead atoms. The number of nitrogens with zero attached hydrogens (tertiary/aromatic N) is 1. The van der Waals surface area contributed by atoms with Gasteiger partial charge < -0.3 is 5.73 Å². The summed E-state index contributed by atoms with van der Waals surface area (Å²) in [5.74, 6) is 0. The topological polar surface area (TPSA) is 115 Å². The summed E-state index contributed by atoms with van der Waals surface area (Å²) in [6, 6.07) is 3.29. The lowest BCUT2D eigenvalue weighted by molar-refractivity contribution is -0.387. The van der Waals surface area contributed by atoms with Crippen molar-refractivity contribution in [2.75, 3.05) is 5.73 Å². The molecule has 1 aliphatic carbocycles. The molecule has 3 N–H and O–H groups in total. The van der Waals surface area contributed by atoms with Gasteiger partial charge in [-0.2, -0.15) is 0 Å². The number of sulfonamides is 1. The van der Waals surface area contributed by atoms with Gasteiger partial charge in [-0.1, -0.05) is 27.7 Å². The highest BCUT2D eigenvalue weighted by Crippen LogP contribution is 2.63. The number of nitro groups is 1. The highest BCUT2D eigenvalue weighted by Gasteiger charge is 2.66. The van der Waals surface area contributed by atoms with E-state index >= 15 is 0 Å². The fourth-order valence-electron chi connectivity index (χ4n) is 2.61. The second-order valence-electron chi connectivity index (χ2n) is 6.48. The number of hydrogen-bond donors (Lipinski definition) is 2. The van der Waals surface area contributed by atoms with Gasteiger partial charge in [0, 0.05) is 17.8 Å². The molecule has 0 spiro atoms. The lowest BCUT2D eigenvalue weighted by Gasteiger charge is -2.09. The molecule has 116 valence electrons. The maximum atomic E-state index is 12.4. The van der Waals surface area contributed by atoms with E-state index in [1.54, 1.807) is 0 Å². The Morgan fingerprint density at radius 1 is 1.24 bits per heavy atom. The van der Waals surface area contributed by atoms with Gasteiger partial charge in [-0.3, -0.25) is 10.1 Å². The molecule has 0 aromatic heterocycles. The largest absolute Gasteiger partial charge is 0.399 e. The molecule has 0 heterocycles. The Balaban J connectivity index is 2.41. The minimum absolute atomic E-state index is 0.146. The Kier molecular flexibility index (Phi) is 3.30. The Bertz CT molecular complexity index is 696. The van der Waals surface area contributed by atoms with Crippen molar-refractivity contribution in [1.82, 2.24) is 4.72 Å². The van der Waals surface area contributed by atoms with Crippen LogP contribution in [0.25, 0.3) is 0 Å². The smallest absolute Gasteiger partial charge is 0.291 e. The maximum absolute atomic E-state index is 12.4. The fourth-order valence-corrected chi connectivity index (χ4v) is 4.30. The van der Waals surface area contributed by atoms with Crippen LogP contribution in [0.4, 0.5) is 11.4 Å². The van der Waals surface area contributed by atoms with E-state index in [4.69, 9.17) is 5.73 Å². The van der Waals surface area contributed by atoms with E-state index in [-0.39, 0.29) is 27.5 Å². The lowest BCUT2D eigenvalue weighted by Crippen LogP contribution is -2.30.